The van der Waals surface area contributed by atoms with Gasteiger partial charge in [0.15, 0.2) is 5.69 Å². The summed E-state index contributed by atoms with van der Waals surface area (Å²) in [6.07, 6.45) is -4.72. The summed E-state index contributed by atoms with van der Waals surface area (Å²) < 4.78 is 36.7. The van der Waals surface area contributed by atoms with Gasteiger partial charge in [0.2, 0.25) is 0 Å². The highest BCUT2D eigenvalue weighted by atomic mass is 35.5. The molecule has 0 aliphatic carbocycles. The van der Waals surface area contributed by atoms with Gasteiger partial charge in [0.1, 0.15) is 0 Å². The molecule has 1 rings (SSSR count). The Bertz CT molecular complexity index is 394. The molecular formula is C7H4ClF3N2O2. The van der Waals surface area contributed by atoms with Gasteiger partial charge in [-0.3, -0.25) is 10.1 Å². The van der Waals surface area contributed by atoms with Crippen molar-refractivity contribution in [2.24, 2.45) is 0 Å². The molecule has 15 heavy (non-hydrogen) atoms. The summed E-state index contributed by atoms with van der Waals surface area (Å²) in [5.41, 5.74) is -2.17. The van der Waals surface area contributed by atoms with Gasteiger partial charge < -0.3 is 0 Å². The van der Waals surface area contributed by atoms with E-state index in [0.717, 1.165) is 6.07 Å². The van der Waals surface area contributed by atoms with E-state index < -0.39 is 22.5 Å². The van der Waals surface area contributed by atoms with Crippen LogP contribution in [0.1, 0.15) is 11.4 Å². The van der Waals surface area contributed by atoms with Gasteiger partial charge in [-0.15, -0.1) is 11.6 Å². The van der Waals surface area contributed by atoms with Gasteiger partial charge in [-0.25, -0.2) is 4.98 Å². The fourth-order valence-electron chi connectivity index (χ4n) is 0.891. The zero-order chi connectivity index (χ0) is 11.6. The highest BCUT2D eigenvalue weighted by Crippen LogP contribution is 2.30. The van der Waals surface area contributed by atoms with Crippen molar-refractivity contribution >= 4 is 17.3 Å². The maximum absolute atomic E-state index is 12.2. The second-order valence-electron chi connectivity index (χ2n) is 2.59. The predicted molar refractivity (Wildman–Crippen MR) is 45.5 cm³/mol. The lowest BCUT2D eigenvalue weighted by Gasteiger charge is -2.06. The van der Waals surface area contributed by atoms with E-state index in [1.165, 1.54) is 0 Å². The number of alkyl halides is 4. The second kappa shape index (κ2) is 4.01. The van der Waals surface area contributed by atoms with Crippen LogP contribution in [0.5, 0.6) is 0 Å². The van der Waals surface area contributed by atoms with E-state index >= 15 is 0 Å². The molecule has 0 atom stereocenters. The Morgan fingerprint density at radius 3 is 2.47 bits per heavy atom. The van der Waals surface area contributed by atoms with Crippen LogP contribution in [0, 0.1) is 10.1 Å². The lowest BCUT2D eigenvalue weighted by atomic mass is 10.2. The summed E-state index contributed by atoms with van der Waals surface area (Å²) in [5.74, 6) is -0.315. The van der Waals surface area contributed by atoms with Crippen LogP contribution in [0.2, 0.25) is 0 Å². The van der Waals surface area contributed by atoms with E-state index in [9.17, 15) is 23.3 Å². The quantitative estimate of drug-likeness (QED) is 0.454. The Morgan fingerprint density at radius 1 is 1.47 bits per heavy atom. The Kier molecular flexibility index (Phi) is 3.13. The van der Waals surface area contributed by atoms with Gasteiger partial charge in [-0.1, -0.05) is 0 Å². The lowest BCUT2D eigenvalue weighted by Crippen LogP contribution is -2.10. The molecule has 0 bridgehead atoms. The van der Waals surface area contributed by atoms with Crippen molar-refractivity contribution in [1.82, 2.24) is 4.98 Å². The van der Waals surface area contributed by atoms with Gasteiger partial charge in [-0.05, 0) is 0 Å². The first-order valence-electron chi connectivity index (χ1n) is 3.63. The third-order valence-corrected chi connectivity index (χ3v) is 1.78. The minimum Gasteiger partial charge on any atom is -0.258 e. The monoisotopic (exact) mass is 240 g/mol. The SMILES string of the molecule is O=[N+]([O-])c1cc(CCl)nc(C(F)(F)F)c1. The van der Waals surface area contributed by atoms with Crippen molar-refractivity contribution in [3.63, 3.8) is 0 Å². The molecule has 82 valence electrons. The molecule has 1 aromatic rings. The Hall–Kier alpha value is -1.37. The predicted octanol–water partition coefficient (Wildman–Crippen LogP) is 2.75. The van der Waals surface area contributed by atoms with Crippen molar-refractivity contribution in [3.05, 3.63) is 33.6 Å². The second-order valence-corrected chi connectivity index (χ2v) is 2.86. The number of pyridine rings is 1. The summed E-state index contributed by atoms with van der Waals surface area (Å²) in [7, 11) is 0. The summed E-state index contributed by atoms with van der Waals surface area (Å²) in [5, 5.41) is 10.3. The van der Waals surface area contributed by atoms with E-state index in [0.29, 0.717) is 6.07 Å². The summed E-state index contributed by atoms with van der Waals surface area (Å²) in [6, 6.07) is 1.28. The largest absolute Gasteiger partial charge is 0.433 e. The molecule has 0 N–H and O–H groups in total. The third kappa shape index (κ3) is 2.79. The van der Waals surface area contributed by atoms with Crippen LogP contribution < -0.4 is 0 Å². The molecule has 0 radical (unpaired) electrons. The molecule has 0 aliphatic heterocycles. The van der Waals surface area contributed by atoms with Gasteiger partial charge in [0.25, 0.3) is 5.69 Å². The minimum atomic E-state index is -4.72. The number of rotatable bonds is 2. The Morgan fingerprint density at radius 2 is 2.07 bits per heavy atom. The number of hydrogen-bond acceptors (Lipinski definition) is 3. The maximum Gasteiger partial charge on any atom is 0.433 e. The molecule has 1 aromatic heterocycles. The first kappa shape index (κ1) is 11.7. The summed E-state index contributed by atoms with van der Waals surface area (Å²) in [4.78, 5) is 12.5. The first-order valence-corrected chi connectivity index (χ1v) is 4.16. The van der Waals surface area contributed by atoms with Gasteiger partial charge in [0.05, 0.1) is 16.5 Å². The average Bonchev–Trinajstić information content (AvgIpc) is 2.15. The zero-order valence-electron chi connectivity index (χ0n) is 7.08. The van der Waals surface area contributed by atoms with Crippen LogP contribution in [-0.2, 0) is 12.1 Å². The van der Waals surface area contributed by atoms with E-state index in [1.807, 2.05) is 0 Å². The van der Waals surface area contributed by atoms with E-state index in [1.54, 1.807) is 0 Å². The minimum absolute atomic E-state index is 0.182. The van der Waals surface area contributed by atoms with E-state index in [4.69, 9.17) is 11.6 Å². The van der Waals surface area contributed by atoms with Crippen LogP contribution in [-0.4, -0.2) is 9.91 Å². The van der Waals surface area contributed by atoms with Crippen molar-refractivity contribution < 1.29 is 18.1 Å². The molecule has 0 unspecified atom stereocenters. The normalized spacial score (nSPS) is 11.5. The standard InChI is InChI=1S/C7H4ClF3N2O2/c8-3-4-1-5(13(14)15)2-6(12-4)7(9,10)11/h1-2H,3H2. The average molecular weight is 241 g/mol. The Labute approximate surface area is 86.8 Å². The van der Waals surface area contributed by atoms with Crippen LogP contribution in [0.15, 0.2) is 12.1 Å². The third-order valence-electron chi connectivity index (χ3n) is 1.50. The summed E-state index contributed by atoms with van der Waals surface area (Å²) in [6.45, 7) is 0. The number of nitro groups is 1. The van der Waals surface area contributed by atoms with Crippen molar-refractivity contribution in [2.75, 3.05) is 0 Å². The van der Waals surface area contributed by atoms with Crippen molar-refractivity contribution in [3.8, 4) is 0 Å². The fourth-order valence-corrected chi connectivity index (χ4v) is 1.03. The molecular weight excluding hydrogens is 237 g/mol. The highest BCUT2D eigenvalue weighted by molar-refractivity contribution is 6.16. The summed E-state index contributed by atoms with van der Waals surface area (Å²) >= 11 is 5.27. The number of hydrogen-bond donors (Lipinski definition) is 0. The molecule has 0 fully saturated rings. The molecule has 4 nitrogen and oxygen atoms in total. The topological polar surface area (TPSA) is 56.0 Å². The van der Waals surface area contributed by atoms with Crippen LogP contribution in [0.25, 0.3) is 0 Å². The van der Waals surface area contributed by atoms with E-state index in [-0.39, 0.29) is 11.6 Å². The molecule has 8 heteroatoms. The van der Waals surface area contributed by atoms with Crippen LogP contribution in [0.3, 0.4) is 0 Å². The fraction of sp³-hybridized carbons (Fsp3) is 0.286. The van der Waals surface area contributed by atoms with Crippen LogP contribution >= 0.6 is 11.6 Å². The molecule has 0 saturated heterocycles. The number of nitrogens with zero attached hydrogens (tertiary/aromatic N) is 2. The zero-order valence-corrected chi connectivity index (χ0v) is 7.84. The van der Waals surface area contributed by atoms with Gasteiger partial charge in [0, 0.05) is 12.1 Å². The molecule has 0 aliphatic rings. The number of aromatic nitrogens is 1. The molecule has 0 aromatic carbocycles. The maximum atomic E-state index is 12.2. The lowest BCUT2D eigenvalue weighted by molar-refractivity contribution is -0.385. The van der Waals surface area contributed by atoms with Crippen LogP contribution in [0.4, 0.5) is 18.9 Å². The van der Waals surface area contributed by atoms with Gasteiger partial charge in [-0.2, -0.15) is 13.2 Å². The Balaban J connectivity index is 3.30. The van der Waals surface area contributed by atoms with Crippen molar-refractivity contribution in [2.45, 2.75) is 12.1 Å². The van der Waals surface area contributed by atoms with E-state index in [2.05, 4.69) is 4.98 Å². The first-order chi connectivity index (χ1) is 6.84. The molecule has 0 spiro atoms. The smallest absolute Gasteiger partial charge is 0.258 e. The van der Waals surface area contributed by atoms with Gasteiger partial charge >= 0.3 is 6.18 Å². The number of halogens is 4. The highest BCUT2D eigenvalue weighted by Gasteiger charge is 2.34. The molecule has 1 heterocycles. The molecule has 0 saturated carbocycles. The van der Waals surface area contributed by atoms with Crippen molar-refractivity contribution in [1.29, 1.82) is 0 Å². The molecule has 0 amide bonds.